The summed E-state index contributed by atoms with van der Waals surface area (Å²) in [6.07, 6.45) is 6.26. The molecule has 4 unspecified atom stereocenters. The van der Waals surface area contributed by atoms with Gasteiger partial charge < -0.3 is 10.2 Å². The normalized spacial score (nSPS) is 26.2. The van der Waals surface area contributed by atoms with Crippen LogP contribution in [-0.4, -0.2) is 41.6 Å². The van der Waals surface area contributed by atoms with Gasteiger partial charge in [-0.25, -0.2) is 4.39 Å². The third kappa shape index (κ3) is 3.47. The molecule has 0 aromatic heterocycles. The van der Waals surface area contributed by atoms with Gasteiger partial charge in [0, 0.05) is 23.5 Å². The van der Waals surface area contributed by atoms with Crippen LogP contribution in [0.15, 0.2) is 54.6 Å². The van der Waals surface area contributed by atoms with E-state index in [1.54, 1.807) is 17.0 Å². The highest BCUT2D eigenvalue weighted by atomic mass is 19.1. The number of anilines is 2. The lowest BCUT2D eigenvalue weighted by Gasteiger charge is -2.32. The molecule has 0 radical (unpaired) electrons. The molecule has 2 heterocycles. The van der Waals surface area contributed by atoms with Gasteiger partial charge in [-0.3, -0.25) is 24.1 Å². The maximum Gasteiger partial charge on any atom is 0.255 e. The van der Waals surface area contributed by atoms with E-state index < -0.39 is 5.82 Å². The van der Waals surface area contributed by atoms with E-state index in [2.05, 4.69) is 5.32 Å². The number of amides is 4. The van der Waals surface area contributed by atoms with Gasteiger partial charge in [0.15, 0.2) is 0 Å². The third-order valence-corrected chi connectivity index (χ3v) is 7.76. The summed E-state index contributed by atoms with van der Waals surface area (Å²) in [5, 5.41) is 2.87. The van der Waals surface area contributed by atoms with Crippen molar-refractivity contribution in [3.8, 4) is 0 Å². The average Bonchev–Trinajstić information content (AvgIpc) is 3.54. The Morgan fingerprint density at radius 2 is 1.66 bits per heavy atom. The Hall–Kier alpha value is -3.81. The van der Waals surface area contributed by atoms with Crippen LogP contribution in [0.5, 0.6) is 0 Å². The minimum atomic E-state index is -0.421. The summed E-state index contributed by atoms with van der Waals surface area (Å²) in [7, 11) is 0. The molecule has 35 heavy (non-hydrogen) atoms. The van der Waals surface area contributed by atoms with Crippen molar-refractivity contribution in [2.45, 2.75) is 19.3 Å². The molecular weight excluding hydrogens is 449 g/mol. The second-order valence-corrected chi connectivity index (χ2v) is 9.68. The first-order valence-corrected chi connectivity index (χ1v) is 11.9. The average molecular weight is 474 g/mol. The molecule has 1 saturated carbocycles. The second kappa shape index (κ2) is 8.15. The molecule has 2 aliphatic carbocycles. The summed E-state index contributed by atoms with van der Waals surface area (Å²) in [4.78, 5) is 54.8. The van der Waals surface area contributed by atoms with Gasteiger partial charge in [0.2, 0.25) is 17.7 Å². The smallest absolute Gasteiger partial charge is 0.255 e. The van der Waals surface area contributed by atoms with E-state index in [4.69, 9.17) is 0 Å². The quantitative estimate of drug-likeness (QED) is 0.546. The number of allylic oxidation sites excluding steroid dienone is 2. The zero-order chi connectivity index (χ0) is 24.3. The van der Waals surface area contributed by atoms with Gasteiger partial charge in [-0.05, 0) is 73.1 Å². The van der Waals surface area contributed by atoms with E-state index in [9.17, 15) is 23.6 Å². The molecule has 1 saturated heterocycles. The number of carbonyl (C=O) groups excluding carboxylic acids is 4. The Morgan fingerprint density at radius 1 is 0.971 bits per heavy atom. The van der Waals surface area contributed by atoms with Crippen molar-refractivity contribution in [3.05, 3.63) is 71.6 Å². The molecule has 2 bridgehead atoms. The lowest BCUT2D eigenvalue weighted by Crippen LogP contribution is -2.45. The molecule has 7 nitrogen and oxygen atoms in total. The maximum atomic E-state index is 13.3. The molecule has 4 aliphatic rings. The standard InChI is InChI=1S/C27H24FN3O4/c28-18-10-8-15(9-11-18)25(33)29-20-4-1-5-21-19(20)3-2-12-30(21)22(32)14-31-26(34)23-16-6-7-17(13-16)24(23)27(31)35/h1,4-11,16-17,23-24H,2-3,12-14H2,(H,29,33). The molecule has 4 amide bonds. The monoisotopic (exact) mass is 473 g/mol. The first kappa shape index (κ1) is 21.7. The fourth-order valence-electron chi connectivity index (χ4n) is 6.14. The van der Waals surface area contributed by atoms with Gasteiger partial charge in [-0.15, -0.1) is 0 Å². The molecule has 4 atom stereocenters. The van der Waals surface area contributed by atoms with Crippen LogP contribution < -0.4 is 10.2 Å². The van der Waals surface area contributed by atoms with Crippen molar-refractivity contribution >= 4 is 35.0 Å². The number of benzene rings is 2. The number of carbonyl (C=O) groups is 4. The molecule has 2 aromatic carbocycles. The zero-order valence-corrected chi connectivity index (χ0v) is 18.9. The summed E-state index contributed by atoms with van der Waals surface area (Å²) < 4.78 is 13.2. The molecular formula is C27H24FN3O4. The Labute approximate surface area is 201 Å². The summed E-state index contributed by atoms with van der Waals surface area (Å²) >= 11 is 0. The minimum absolute atomic E-state index is 0.101. The van der Waals surface area contributed by atoms with Crippen LogP contribution in [-0.2, 0) is 20.8 Å². The Bertz CT molecular complexity index is 1260. The minimum Gasteiger partial charge on any atom is -0.322 e. The zero-order valence-electron chi connectivity index (χ0n) is 18.9. The number of halogens is 1. The predicted octanol–water partition coefficient (Wildman–Crippen LogP) is 3.16. The van der Waals surface area contributed by atoms with Crippen LogP contribution in [0.3, 0.4) is 0 Å². The molecule has 6 rings (SSSR count). The number of fused-ring (bicyclic) bond motifs is 6. The predicted molar refractivity (Wildman–Crippen MR) is 126 cm³/mol. The first-order valence-electron chi connectivity index (χ1n) is 11.9. The van der Waals surface area contributed by atoms with Gasteiger partial charge >= 0.3 is 0 Å². The van der Waals surface area contributed by atoms with Crippen LogP contribution in [0, 0.1) is 29.5 Å². The summed E-state index contributed by atoms with van der Waals surface area (Å²) in [5.74, 6) is -2.02. The van der Waals surface area contributed by atoms with Crippen LogP contribution in [0.4, 0.5) is 15.8 Å². The van der Waals surface area contributed by atoms with Crippen molar-refractivity contribution in [2.75, 3.05) is 23.3 Å². The van der Waals surface area contributed by atoms with Crippen molar-refractivity contribution in [1.29, 1.82) is 0 Å². The molecule has 2 aromatic rings. The van der Waals surface area contributed by atoms with Crippen molar-refractivity contribution in [3.63, 3.8) is 0 Å². The number of nitrogens with one attached hydrogen (secondary N) is 1. The van der Waals surface area contributed by atoms with Crippen molar-refractivity contribution < 1.29 is 23.6 Å². The molecule has 1 N–H and O–H groups in total. The number of hydrogen-bond donors (Lipinski definition) is 1. The Morgan fingerprint density at radius 3 is 2.34 bits per heavy atom. The molecule has 0 spiro atoms. The highest BCUT2D eigenvalue weighted by Gasteiger charge is 2.59. The van der Waals surface area contributed by atoms with Crippen LogP contribution in [0.25, 0.3) is 0 Å². The van der Waals surface area contributed by atoms with Crippen LogP contribution in [0.2, 0.25) is 0 Å². The number of hydrogen-bond acceptors (Lipinski definition) is 4. The van der Waals surface area contributed by atoms with E-state index in [1.807, 2.05) is 18.2 Å². The van der Waals surface area contributed by atoms with Gasteiger partial charge in [0.1, 0.15) is 12.4 Å². The summed E-state index contributed by atoms with van der Waals surface area (Å²) in [6, 6.07) is 10.6. The lowest BCUT2D eigenvalue weighted by atomic mass is 9.85. The van der Waals surface area contributed by atoms with Gasteiger partial charge in [-0.1, -0.05) is 18.2 Å². The van der Waals surface area contributed by atoms with Gasteiger partial charge in [0.05, 0.1) is 11.8 Å². The molecule has 2 fully saturated rings. The Kier molecular flexibility index (Phi) is 5.05. The van der Waals surface area contributed by atoms with Crippen LogP contribution in [0.1, 0.15) is 28.8 Å². The fourth-order valence-corrected chi connectivity index (χ4v) is 6.14. The van der Waals surface area contributed by atoms with Gasteiger partial charge in [0.25, 0.3) is 5.91 Å². The number of nitrogens with zero attached hydrogens (tertiary/aromatic N) is 2. The Balaban J connectivity index is 1.21. The second-order valence-electron chi connectivity index (χ2n) is 9.68. The first-order chi connectivity index (χ1) is 16.9. The van der Waals surface area contributed by atoms with E-state index in [0.29, 0.717) is 36.3 Å². The largest absolute Gasteiger partial charge is 0.322 e. The van der Waals surface area contributed by atoms with E-state index in [1.165, 1.54) is 24.3 Å². The third-order valence-electron chi connectivity index (χ3n) is 7.76. The van der Waals surface area contributed by atoms with Crippen LogP contribution >= 0.6 is 0 Å². The fraction of sp³-hybridized carbons (Fsp3) is 0.333. The summed E-state index contributed by atoms with van der Waals surface area (Å²) in [5.41, 5.74) is 2.40. The topological polar surface area (TPSA) is 86.8 Å². The molecule has 178 valence electrons. The molecule has 2 aliphatic heterocycles. The lowest BCUT2D eigenvalue weighted by molar-refractivity contribution is -0.143. The van der Waals surface area contributed by atoms with E-state index in [0.717, 1.165) is 16.9 Å². The highest BCUT2D eigenvalue weighted by molar-refractivity contribution is 6.10. The summed E-state index contributed by atoms with van der Waals surface area (Å²) in [6.45, 7) is 0.201. The van der Waals surface area contributed by atoms with Crippen molar-refractivity contribution in [1.82, 2.24) is 4.90 Å². The molecule has 8 heteroatoms. The van der Waals surface area contributed by atoms with E-state index >= 15 is 0 Å². The highest BCUT2D eigenvalue weighted by Crippen LogP contribution is 2.52. The number of rotatable bonds is 4. The number of imide groups is 1. The van der Waals surface area contributed by atoms with Crippen molar-refractivity contribution in [2.24, 2.45) is 23.7 Å². The number of likely N-dealkylation sites (tertiary alicyclic amines) is 1. The van der Waals surface area contributed by atoms with Gasteiger partial charge in [-0.2, -0.15) is 0 Å². The van der Waals surface area contributed by atoms with E-state index in [-0.39, 0.29) is 53.8 Å². The SMILES string of the molecule is O=C(Nc1cccc2c1CCCN2C(=O)CN1C(=O)C2C3C=CC(C3)C2C1=O)c1ccc(F)cc1. The maximum absolute atomic E-state index is 13.3.